The molecule has 1 aliphatic rings. The van der Waals surface area contributed by atoms with E-state index in [1.807, 2.05) is 0 Å². The SMILES string of the molecule is O=[N+]([O-])c1ccccc1OCCCCCN1CCCC1. The van der Waals surface area contributed by atoms with Gasteiger partial charge in [0.15, 0.2) is 5.75 Å². The van der Waals surface area contributed by atoms with Crippen LogP contribution in [-0.4, -0.2) is 36.1 Å². The van der Waals surface area contributed by atoms with Crippen LogP contribution in [0.25, 0.3) is 0 Å². The van der Waals surface area contributed by atoms with Crippen molar-refractivity contribution in [2.45, 2.75) is 32.1 Å². The van der Waals surface area contributed by atoms with Gasteiger partial charge in [0.05, 0.1) is 11.5 Å². The molecule has 1 aromatic rings. The lowest BCUT2D eigenvalue weighted by Gasteiger charge is -2.13. The lowest BCUT2D eigenvalue weighted by molar-refractivity contribution is -0.385. The molecule has 110 valence electrons. The van der Waals surface area contributed by atoms with Crippen LogP contribution in [0.1, 0.15) is 32.1 Å². The number of unbranched alkanes of at least 4 members (excludes halogenated alkanes) is 2. The molecule has 0 amide bonds. The summed E-state index contributed by atoms with van der Waals surface area (Å²) in [5, 5.41) is 10.8. The van der Waals surface area contributed by atoms with Crippen molar-refractivity contribution in [2.24, 2.45) is 0 Å². The highest BCUT2D eigenvalue weighted by molar-refractivity contribution is 5.45. The van der Waals surface area contributed by atoms with Gasteiger partial charge in [-0.05, 0) is 57.8 Å². The summed E-state index contributed by atoms with van der Waals surface area (Å²) in [4.78, 5) is 12.9. The fraction of sp³-hybridized carbons (Fsp3) is 0.600. The number of ether oxygens (including phenoxy) is 1. The van der Waals surface area contributed by atoms with Crippen LogP contribution in [0.15, 0.2) is 24.3 Å². The number of nitro benzene ring substituents is 1. The lowest BCUT2D eigenvalue weighted by Crippen LogP contribution is -2.20. The fourth-order valence-corrected chi connectivity index (χ4v) is 2.53. The second kappa shape index (κ2) is 7.85. The van der Waals surface area contributed by atoms with Crippen molar-refractivity contribution < 1.29 is 9.66 Å². The number of nitro groups is 1. The number of nitrogens with zero attached hydrogens (tertiary/aromatic N) is 2. The van der Waals surface area contributed by atoms with Crippen LogP contribution in [-0.2, 0) is 0 Å². The molecule has 0 spiro atoms. The molecule has 5 heteroatoms. The number of rotatable bonds is 8. The van der Waals surface area contributed by atoms with E-state index in [2.05, 4.69) is 4.90 Å². The highest BCUT2D eigenvalue weighted by Gasteiger charge is 2.13. The van der Waals surface area contributed by atoms with Crippen LogP contribution in [0.2, 0.25) is 0 Å². The largest absolute Gasteiger partial charge is 0.487 e. The molecule has 0 aliphatic carbocycles. The Labute approximate surface area is 119 Å². The first-order valence-corrected chi connectivity index (χ1v) is 7.36. The summed E-state index contributed by atoms with van der Waals surface area (Å²) >= 11 is 0. The monoisotopic (exact) mass is 278 g/mol. The van der Waals surface area contributed by atoms with Gasteiger partial charge in [-0.3, -0.25) is 10.1 Å². The van der Waals surface area contributed by atoms with E-state index >= 15 is 0 Å². The highest BCUT2D eigenvalue weighted by atomic mass is 16.6. The van der Waals surface area contributed by atoms with Gasteiger partial charge in [-0.25, -0.2) is 0 Å². The zero-order valence-corrected chi connectivity index (χ0v) is 11.8. The summed E-state index contributed by atoms with van der Waals surface area (Å²) in [5.74, 6) is 0.372. The fourth-order valence-electron chi connectivity index (χ4n) is 2.53. The molecule has 2 rings (SSSR count). The standard InChI is InChI=1S/C15H22N2O3/c18-17(19)14-8-2-3-9-15(14)20-13-7-1-4-10-16-11-5-6-12-16/h2-3,8-9H,1,4-7,10-13H2. The van der Waals surface area contributed by atoms with Gasteiger partial charge in [0.1, 0.15) is 0 Å². The first-order valence-electron chi connectivity index (χ1n) is 7.36. The zero-order chi connectivity index (χ0) is 14.2. The van der Waals surface area contributed by atoms with Crippen LogP contribution in [0.3, 0.4) is 0 Å². The van der Waals surface area contributed by atoms with Crippen LogP contribution < -0.4 is 4.74 Å². The van der Waals surface area contributed by atoms with Crippen molar-refractivity contribution >= 4 is 5.69 Å². The summed E-state index contributed by atoms with van der Waals surface area (Å²) in [6.45, 7) is 4.20. The first kappa shape index (κ1) is 14.8. The molecule has 1 saturated heterocycles. The summed E-state index contributed by atoms with van der Waals surface area (Å²) < 4.78 is 5.52. The quantitative estimate of drug-likeness (QED) is 0.416. The van der Waals surface area contributed by atoms with Crippen molar-refractivity contribution in [2.75, 3.05) is 26.2 Å². The second-order valence-electron chi connectivity index (χ2n) is 5.18. The van der Waals surface area contributed by atoms with Crippen molar-refractivity contribution in [1.29, 1.82) is 0 Å². The third kappa shape index (κ3) is 4.49. The Balaban J connectivity index is 1.62. The first-order chi connectivity index (χ1) is 9.77. The average molecular weight is 278 g/mol. The van der Waals surface area contributed by atoms with Gasteiger partial charge in [-0.2, -0.15) is 0 Å². The number of benzene rings is 1. The Morgan fingerprint density at radius 2 is 1.90 bits per heavy atom. The second-order valence-corrected chi connectivity index (χ2v) is 5.18. The zero-order valence-electron chi connectivity index (χ0n) is 11.8. The Morgan fingerprint density at radius 3 is 2.65 bits per heavy atom. The van der Waals surface area contributed by atoms with Gasteiger partial charge >= 0.3 is 5.69 Å². The van der Waals surface area contributed by atoms with Crippen molar-refractivity contribution in [3.63, 3.8) is 0 Å². The van der Waals surface area contributed by atoms with Crippen LogP contribution in [0, 0.1) is 10.1 Å². The van der Waals surface area contributed by atoms with Crippen LogP contribution >= 0.6 is 0 Å². The molecule has 0 bridgehead atoms. The molecule has 0 unspecified atom stereocenters. The Kier molecular flexibility index (Phi) is 5.80. The van der Waals surface area contributed by atoms with Crippen molar-refractivity contribution in [3.8, 4) is 5.75 Å². The molecule has 20 heavy (non-hydrogen) atoms. The van der Waals surface area contributed by atoms with E-state index < -0.39 is 4.92 Å². The van der Waals surface area contributed by atoms with E-state index in [1.165, 1.54) is 45.0 Å². The predicted molar refractivity (Wildman–Crippen MR) is 78.1 cm³/mol. The number of para-hydroxylation sites is 2. The minimum atomic E-state index is -0.400. The molecule has 0 N–H and O–H groups in total. The molecule has 1 aromatic carbocycles. The summed E-state index contributed by atoms with van der Waals surface area (Å²) in [6, 6.07) is 6.54. The Morgan fingerprint density at radius 1 is 1.15 bits per heavy atom. The lowest BCUT2D eigenvalue weighted by atomic mass is 10.2. The molecule has 5 nitrogen and oxygen atoms in total. The van der Waals surface area contributed by atoms with E-state index in [0.717, 1.165) is 12.8 Å². The maximum atomic E-state index is 10.8. The van der Waals surface area contributed by atoms with E-state index in [0.29, 0.717) is 12.4 Å². The smallest absolute Gasteiger partial charge is 0.310 e. The summed E-state index contributed by atoms with van der Waals surface area (Å²) in [6.07, 6.45) is 5.90. The Bertz CT molecular complexity index is 431. The molecule has 1 heterocycles. The molecule has 0 saturated carbocycles. The normalized spacial score (nSPS) is 15.4. The topological polar surface area (TPSA) is 55.6 Å². The third-order valence-electron chi connectivity index (χ3n) is 3.64. The van der Waals surface area contributed by atoms with Gasteiger partial charge in [0.2, 0.25) is 0 Å². The number of hydrogen-bond acceptors (Lipinski definition) is 4. The van der Waals surface area contributed by atoms with Crippen LogP contribution in [0.5, 0.6) is 5.75 Å². The van der Waals surface area contributed by atoms with Gasteiger partial charge in [0.25, 0.3) is 0 Å². The highest BCUT2D eigenvalue weighted by Crippen LogP contribution is 2.25. The maximum absolute atomic E-state index is 10.8. The maximum Gasteiger partial charge on any atom is 0.310 e. The van der Waals surface area contributed by atoms with Gasteiger partial charge in [-0.15, -0.1) is 0 Å². The third-order valence-corrected chi connectivity index (χ3v) is 3.64. The minimum absolute atomic E-state index is 0.0459. The minimum Gasteiger partial charge on any atom is -0.487 e. The van der Waals surface area contributed by atoms with Gasteiger partial charge in [-0.1, -0.05) is 12.1 Å². The average Bonchev–Trinajstić information content (AvgIpc) is 2.96. The number of hydrogen-bond donors (Lipinski definition) is 0. The van der Waals surface area contributed by atoms with Crippen molar-refractivity contribution in [3.05, 3.63) is 34.4 Å². The predicted octanol–water partition coefficient (Wildman–Crippen LogP) is 3.24. The van der Waals surface area contributed by atoms with E-state index in [-0.39, 0.29) is 5.69 Å². The molecule has 0 aromatic heterocycles. The summed E-state index contributed by atoms with van der Waals surface area (Å²) in [5.41, 5.74) is 0.0459. The van der Waals surface area contributed by atoms with E-state index in [1.54, 1.807) is 18.2 Å². The summed E-state index contributed by atoms with van der Waals surface area (Å²) in [7, 11) is 0. The molecule has 0 radical (unpaired) electrons. The van der Waals surface area contributed by atoms with E-state index in [9.17, 15) is 10.1 Å². The van der Waals surface area contributed by atoms with Crippen LogP contribution in [0.4, 0.5) is 5.69 Å². The molecule has 1 fully saturated rings. The molecule has 0 atom stereocenters. The molecular formula is C15H22N2O3. The van der Waals surface area contributed by atoms with Gasteiger partial charge in [0, 0.05) is 6.07 Å². The van der Waals surface area contributed by atoms with Crippen molar-refractivity contribution in [1.82, 2.24) is 4.90 Å². The number of likely N-dealkylation sites (tertiary alicyclic amines) is 1. The molecule has 1 aliphatic heterocycles. The van der Waals surface area contributed by atoms with E-state index in [4.69, 9.17) is 4.74 Å². The van der Waals surface area contributed by atoms with Gasteiger partial charge < -0.3 is 9.64 Å². The molecular weight excluding hydrogens is 256 g/mol. The Hall–Kier alpha value is -1.62.